The second-order valence-corrected chi connectivity index (χ2v) is 4.35. The van der Waals surface area contributed by atoms with E-state index < -0.39 is 0 Å². The average molecular weight is 180 g/mol. The third-order valence-corrected chi connectivity index (χ3v) is 3.17. The molecule has 0 aliphatic heterocycles. The molecule has 1 aliphatic carbocycles. The highest BCUT2D eigenvalue weighted by Gasteiger charge is 2.28. The summed E-state index contributed by atoms with van der Waals surface area (Å²) in [5.41, 5.74) is 0. The lowest BCUT2D eigenvalue weighted by Gasteiger charge is -1.95. The zero-order valence-electron chi connectivity index (χ0n) is 6.95. The summed E-state index contributed by atoms with van der Waals surface area (Å²) in [6.45, 7) is 0. The maximum atomic E-state index is 11.3. The van der Waals surface area contributed by atoms with E-state index in [-0.39, 0.29) is 0 Å². The summed E-state index contributed by atoms with van der Waals surface area (Å²) >= 11 is 1.74. The van der Waals surface area contributed by atoms with Crippen molar-refractivity contribution in [1.29, 1.82) is 0 Å². The van der Waals surface area contributed by atoms with Gasteiger partial charge in [-0.15, -0.1) is 11.3 Å². The number of carbonyl (C=O) groups excluding carboxylic acids is 1. The van der Waals surface area contributed by atoms with E-state index in [9.17, 15) is 4.79 Å². The highest BCUT2D eigenvalue weighted by atomic mass is 32.1. The zero-order chi connectivity index (χ0) is 8.39. The molecule has 2 rings (SSSR count). The van der Waals surface area contributed by atoms with Crippen LogP contribution in [-0.2, 0) is 11.2 Å². The summed E-state index contributed by atoms with van der Waals surface area (Å²) in [5.74, 6) is 0.911. The Bertz CT molecular complexity index is 259. The second kappa shape index (κ2) is 3.40. The highest BCUT2D eigenvalue weighted by Crippen LogP contribution is 2.31. The van der Waals surface area contributed by atoms with Gasteiger partial charge < -0.3 is 0 Å². The molecule has 1 fully saturated rings. The number of carbonyl (C=O) groups is 1. The summed E-state index contributed by atoms with van der Waals surface area (Å²) in [7, 11) is 0. The third kappa shape index (κ3) is 1.95. The number of thiophene rings is 1. The average Bonchev–Trinajstić information content (AvgIpc) is 2.80. The SMILES string of the molecule is O=C(CCc1cccs1)C1CC1. The highest BCUT2D eigenvalue weighted by molar-refractivity contribution is 7.09. The normalized spacial score (nSPS) is 16.3. The van der Waals surface area contributed by atoms with Gasteiger partial charge in [0.25, 0.3) is 0 Å². The number of ketones is 1. The van der Waals surface area contributed by atoms with Crippen LogP contribution in [0.5, 0.6) is 0 Å². The second-order valence-electron chi connectivity index (χ2n) is 3.32. The van der Waals surface area contributed by atoms with E-state index in [2.05, 4.69) is 11.4 Å². The van der Waals surface area contributed by atoms with Crippen LogP contribution in [0, 0.1) is 5.92 Å². The lowest BCUT2D eigenvalue weighted by atomic mass is 10.1. The van der Waals surface area contributed by atoms with Gasteiger partial charge in [0.05, 0.1) is 0 Å². The van der Waals surface area contributed by atoms with Crippen molar-refractivity contribution >= 4 is 17.1 Å². The topological polar surface area (TPSA) is 17.1 Å². The first-order valence-electron chi connectivity index (χ1n) is 4.41. The molecule has 1 heterocycles. The predicted molar refractivity (Wildman–Crippen MR) is 50.4 cm³/mol. The van der Waals surface area contributed by atoms with Gasteiger partial charge in [-0.05, 0) is 30.7 Å². The summed E-state index contributed by atoms with van der Waals surface area (Å²) < 4.78 is 0. The van der Waals surface area contributed by atoms with Crippen LogP contribution in [0.25, 0.3) is 0 Å². The minimum atomic E-state index is 0.435. The minimum Gasteiger partial charge on any atom is -0.299 e. The van der Waals surface area contributed by atoms with Crippen molar-refractivity contribution in [3.05, 3.63) is 22.4 Å². The molecular formula is C10H12OS. The quantitative estimate of drug-likeness (QED) is 0.696. The van der Waals surface area contributed by atoms with Crippen molar-refractivity contribution in [2.75, 3.05) is 0 Å². The number of aryl methyl sites for hydroxylation is 1. The molecule has 0 radical (unpaired) electrons. The fraction of sp³-hybridized carbons (Fsp3) is 0.500. The van der Waals surface area contributed by atoms with Gasteiger partial charge in [0.1, 0.15) is 5.78 Å². The van der Waals surface area contributed by atoms with Crippen LogP contribution in [0.2, 0.25) is 0 Å². The Morgan fingerprint density at radius 1 is 1.58 bits per heavy atom. The first-order valence-corrected chi connectivity index (χ1v) is 5.29. The van der Waals surface area contributed by atoms with Crippen LogP contribution in [0.3, 0.4) is 0 Å². The first-order chi connectivity index (χ1) is 5.86. The van der Waals surface area contributed by atoms with E-state index in [1.807, 2.05) is 6.07 Å². The Morgan fingerprint density at radius 3 is 3.00 bits per heavy atom. The molecular weight excluding hydrogens is 168 g/mol. The molecule has 0 atom stereocenters. The Morgan fingerprint density at radius 2 is 2.42 bits per heavy atom. The van der Waals surface area contributed by atoms with Crippen LogP contribution >= 0.6 is 11.3 Å². The van der Waals surface area contributed by atoms with Gasteiger partial charge in [-0.2, -0.15) is 0 Å². The molecule has 0 bridgehead atoms. The molecule has 0 saturated heterocycles. The maximum Gasteiger partial charge on any atom is 0.136 e. The molecule has 12 heavy (non-hydrogen) atoms. The summed E-state index contributed by atoms with van der Waals surface area (Å²) in [6.07, 6.45) is 3.99. The molecule has 0 aromatic carbocycles. The van der Waals surface area contributed by atoms with E-state index in [0.717, 1.165) is 25.7 Å². The van der Waals surface area contributed by atoms with E-state index in [1.54, 1.807) is 11.3 Å². The molecule has 64 valence electrons. The Kier molecular flexibility index (Phi) is 2.26. The van der Waals surface area contributed by atoms with Crippen LogP contribution in [0.4, 0.5) is 0 Å². The number of hydrogen-bond donors (Lipinski definition) is 0. The van der Waals surface area contributed by atoms with Crippen molar-refractivity contribution in [3.8, 4) is 0 Å². The van der Waals surface area contributed by atoms with Gasteiger partial charge in [0.15, 0.2) is 0 Å². The van der Waals surface area contributed by atoms with Gasteiger partial charge in [-0.25, -0.2) is 0 Å². The molecule has 0 unspecified atom stereocenters. The maximum absolute atomic E-state index is 11.3. The number of Topliss-reactive ketones (excluding diaryl/α,β-unsaturated/α-hetero) is 1. The minimum absolute atomic E-state index is 0.435. The number of hydrogen-bond acceptors (Lipinski definition) is 2. The lowest BCUT2D eigenvalue weighted by molar-refractivity contribution is -0.120. The van der Waals surface area contributed by atoms with Crippen LogP contribution < -0.4 is 0 Å². The fourth-order valence-corrected chi connectivity index (χ4v) is 2.02. The van der Waals surface area contributed by atoms with E-state index in [4.69, 9.17) is 0 Å². The van der Waals surface area contributed by atoms with E-state index in [0.29, 0.717) is 11.7 Å². The molecule has 1 nitrogen and oxygen atoms in total. The number of rotatable bonds is 4. The van der Waals surface area contributed by atoms with Gasteiger partial charge in [-0.3, -0.25) is 4.79 Å². The Hall–Kier alpha value is -0.630. The van der Waals surface area contributed by atoms with Crippen molar-refractivity contribution in [2.24, 2.45) is 5.92 Å². The zero-order valence-corrected chi connectivity index (χ0v) is 7.77. The molecule has 1 aromatic heterocycles. The van der Waals surface area contributed by atoms with E-state index >= 15 is 0 Å². The van der Waals surface area contributed by atoms with Crippen molar-refractivity contribution < 1.29 is 4.79 Å². The van der Waals surface area contributed by atoms with Crippen LogP contribution in [0.15, 0.2) is 17.5 Å². The van der Waals surface area contributed by atoms with Crippen molar-refractivity contribution in [3.63, 3.8) is 0 Å². The fourth-order valence-electron chi connectivity index (χ4n) is 1.31. The van der Waals surface area contributed by atoms with Crippen LogP contribution in [-0.4, -0.2) is 5.78 Å². The standard InChI is InChI=1S/C10H12OS/c11-10(8-3-4-8)6-5-9-2-1-7-12-9/h1-2,7-8H,3-6H2. The molecule has 2 heteroatoms. The molecule has 1 aromatic rings. The van der Waals surface area contributed by atoms with Crippen molar-refractivity contribution in [2.45, 2.75) is 25.7 Å². The molecule has 0 N–H and O–H groups in total. The lowest BCUT2D eigenvalue weighted by Crippen LogP contribution is -2.00. The first kappa shape index (κ1) is 7.99. The third-order valence-electron chi connectivity index (χ3n) is 2.23. The molecule has 1 aliphatic rings. The van der Waals surface area contributed by atoms with Gasteiger partial charge in [-0.1, -0.05) is 6.07 Å². The van der Waals surface area contributed by atoms with Crippen molar-refractivity contribution in [1.82, 2.24) is 0 Å². The molecule has 1 saturated carbocycles. The molecule has 0 spiro atoms. The van der Waals surface area contributed by atoms with Crippen LogP contribution in [0.1, 0.15) is 24.1 Å². The summed E-state index contributed by atoms with van der Waals surface area (Å²) in [5, 5.41) is 2.07. The van der Waals surface area contributed by atoms with Gasteiger partial charge in [0.2, 0.25) is 0 Å². The molecule has 0 amide bonds. The Labute approximate surface area is 76.4 Å². The van der Waals surface area contributed by atoms with E-state index in [1.165, 1.54) is 4.88 Å². The Balaban J connectivity index is 1.78. The smallest absolute Gasteiger partial charge is 0.136 e. The predicted octanol–water partition coefficient (Wildman–Crippen LogP) is 2.66. The van der Waals surface area contributed by atoms with Gasteiger partial charge >= 0.3 is 0 Å². The largest absolute Gasteiger partial charge is 0.299 e. The summed E-state index contributed by atoms with van der Waals surface area (Å²) in [6, 6.07) is 4.15. The monoisotopic (exact) mass is 180 g/mol. The van der Waals surface area contributed by atoms with Gasteiger partial charge in [0, 0.05) is 17.2 Å². The summed E-state index contributed by atoms with van der Waals surface area (Å²) in [4.78, 5) is 12.6.